The molecule has 2 aromatic rings. The van der Waals surface area contributed by atoms with Gasteiger partial charge in [-0.15, -0.1) is 0 Å². The molecule has 0 aliphatic carbocycles. The predicted molar refractivity (Wildman–Crippen MR) is 71.1 cm³/mol. The molecule has 0 radical (unpaired) electrons. The van der Waals surface area contributed by atoms with Crippen LogP contribution < -0.4 is 14.8 Å². The molecule has 1 aliphatic rings. The summed E-state index contributed by atoms with van der Waals surface area (Å²) in [6, 6.07) is 14.3. The third-order valence-corrected chi connectivity index (χ3v) is 3.12. The van der Waals surface area contributed by atoms with E-state index in [0.29, 0.717) is 6.79 Å². The lowest BCUT2D eigenvalue weighted by Gasteiger charge is -2.09. The number of nitrogens with one attached hydrogen (secondary N) is 1. The maximum absolute atomic E-state index is 5.35. The normalized spacial score (nSPS) is 12.5. The summed E-state index contributed by atoms with van der Waals surface area (Å²) in [4.78, 5) is 0. The van der Waals surface area contributed by atoms with Crippen LogP contribution in [0.3, 0.4) is 0 Å². The van der Waals surface area contributed by atoms with Crippen LogP contribution in [-0.4, -0.2) is 6.79 Å². The highest BCUT2D eigenvalue weighted by molar-refractivity contribution is 5.55. The molecular weight excluding hydrogens is 226 g/mol. The first-order valence-corrected chi connectivity index (χ1v) is 6.01. The van der Waals surface area contributed by atoms with Crippen molar-refractivity contribution in [3.8, 4) is 11.5 Å². The van der Waals surface area contributed by atoms with Crippen LogP contribution in [0.5, 0.6) is 11.5 Å². The van der Waals surface area contributed by atoms with Gasteiger partial charge in [-0.1, -0.05) is 24.3 Å². The van der Waals surface area contributed by atoms with Gasteiger partial charge < -0.3 is 14.8 Å². The van der Waals surface area contributed by atoms with Crippen LogP contribution in [0.15, 0.2) is 42.5 Å². The molecule has 0 saturated carbocycles. The first kappa shape index (κ1) is 11.0. The molecule has 0 bridgehead atoms. The summed E-state index contributed by atoms with van der Waals surface area (Å²) >= 11 is 0. The van der Waals surface area contributed by atoms with E-state index in [1.54, 1.807) is 0 Å². The molecule has 1 heterocycles. The van der Waals surface area contributed by atoms with Crippen molar-refractivity contribution in [3.63, 3.8) is 0 Å². The maximum atomic E-state index is 5.35. The van der Waals surface area contributed by atoms with Crippen molar-refractivity contribution in [2.24, 2.45) is 0 Å². The van der Waals surface area contributed by atoms with Crippen LogP contribution in [0.4, 0.5) is 5.69 Å². The summed E-state index contributed by atoms with van der Waals surface area (Å²) in [6.45, 7) is 3.25. The van der Waals surface area contributed by atoms with Crippen LogP contribution in [0, 0.1) is 6.92 Å². The minimum atomic E-state index is 0.316. The molecule has 1 N–H and O–H groups in total. The van der Waals surface area contributed by atoms with Gasteiger partial charge in [-0.2, -0.15) is 0 Å². The zero-order valence-corrected chi connectivity index (χ0v) is 10.3. The molecule has 0 fully saturated rings. The Morgan fingerprint density at radius 3 is 2.78 bits per heavy atom. The molecule has 0 saturated heterocycles. The third-order valence-electron chi connectivity index (χ3n) is 3.12. The van der Waals surface area contributed by atoms with Gasteiger partial charge >= 0.3 is 0 Å². The van der Waals surface area contributed by atoms with Crippen LogP contribution in [0.1, 0.15) is 11.1 Å². The molecule has 3 nitrogen and oxygen atoms in total. The molecular formula is C15H15NO2. The summed E-state index contributed by atoms with van der Waals surface area (Å²) in [5, 5.41) is 3.40. The first-order valence-electron chi connectivity index (χ1n) is 6.01. The lowest BCUT2D eigenvalue weighted by atomic mass is 10.1. The van der Waals surface area contributed by atoms with Crippen LogP contribution in [0.2, 0.25) is 0 Å². The Morgan fingerprint density at radius 2 is 1.89 bits per heavy atom. The van der Waals surface area contributed by atoms with Crippen molar-refractivity contribution in [2.75, 3.05) is 12.1 Å². The zero-order valence-electron chi connectivity index (χ0n) is 10.3. The number of rotatable bonds is 3. The van der Waals surface area contributed by atoms with E-state index in [-0.39, 0.29) is 0 Å². The molecule has 3 heteroatoms. The van der Waals surface area contributed by atoms with Gasteiger partial charge in [0.05, 0.1) is 0 Å². The average molecular weight is 241 g/mol. The number of benzene rings is 2. The van der Waals surface area contributed by atoms with E-state index >= 15 is 0 Å². The van der Waals surface area contributed by atoms with E-state index in [1.807, 2.05) is 18.2 Å². The molecule has 0 aromatic heterocycles. The fourth-order valence-electron chi connectivity index (χ4n) is 2.01. The van der Waals surface area contributed by atoms with Crippen LogP contribution in [0.25, 0.3) is 0 Å². The minimum absolute atomic E-state index is 0.316. The van der Waals surface area contributed by atoms with Gasteiger partial charge in [0.25, 0.3) is 0 Å². The first-order chi connectivity index (χ1) is 8.83. The van der Waals surface area contributed by atoms with Crippen molar-refractivity contribution < 1.29 is 9.47 Å². The quantitative estimate of drug-likeness (QED) is 0.894. The van der Waals surface area contributed by atoms with Gasteiger partial charge in [-0.25, -0.2) is 0 Å². The average Bonchev–Trinajstić information content (AvgIpc) is 2.85. The number of aryl methyl sites for hydroxylation is 1. The van der Waals surface area contributed by atoms with Crippen molar-refractivity contribution >= 4 is 5.69 Å². The molecule has 92 valence electrons. The lowest BCUT2D eigenvalue weighted by molar-refractivity contribution is 0.174. The van der Waals surface area contributed by atoms with Gasteiger partial charge in [0, 0.05) is 18.3 Å². The number of fused-ring (bicyclic) bond motifs is 1. The number of anilines is 1. The highest BCUT2D eigenvalue weighted by Crippen LogP contribution is 2.34. The molecule has 0 atom stereocenters. The second-order valence-electron chi connectivity index (χ2n) is 4.35. The second-order valence-corrected chi connectivity index (χ2v) is 4.35. The van der Waals surface area contributed by atoms with Crippen molar-refractivity contribution in [2.45, 2.75) is 13.5 Å². The fraction of sp³-hybridized carbons (Fsp3) is 0.200. The molecule has 3 rings (SSSR count). The fourth-order valence-corrected chi connectivity index (χ4v) is 2.01. The largest absolute Gasteiger partial charge is 0.454 e. The van der Waals surface area contributed by atoms with E-state index in [2.05, 4.69) is 36.5 Å². The third kappa shape index (κ3) is 2.12. The SMILES string of the molecule is Cc1ccccc1CNc1ccc2c(c1)OCO2. The van der Waals surface area contributed by atoms with Gasteiger partial charge in [0.1, 0.15) is 0 Å². The predicted octanol–water partition coefficient (Wildman–Crippen LogP) is 3.34. The molecule has 18 heavy (non-hydrogen) atoms. The van der Waals surface area contributed by atoms with Crippen molar-refractivity contribution in [1.29, 1.82) is 0 Å². The summed E-state index contributed by atoms with van der Waals surface area (Å²) in [6.07, 6.45) is 0. The van der Waals surface area contributed by atoms with Crippen molar-refractivity contribution in [3.05, 3.63) is 53.6 Å². The van der Waals surface area contributed by atoms with Gasteiger partial charge in [0.2, 0.25) is 6.79 Å². The van der Waals surface area contributed by atoms with Crippen molar-refractivity contribution in [1.82, 2.24) is 0 Å². The molecule has 0 unspecified atom stereocenters. The van der Waals surface area contributed by atoms with Crippen LogP contribution >= 0.6 is 0 Å². The van der Waals surface area contributed by atoms with E-state index < -0.39 is 0 Å². The highest BCUT2D eigenvalue weighted by atomic mass is 16.7. The zero-order chi connectivity index (χ0) is 12.4. The minimum Gasteiger partial charge on any atom is -0.454 e. The summed E-state index contributed by atoms with van der Waals surface area (Å²) in [7, 11) is 0. The molecule has 0 spiro atoms. The topological polar surface area (TPSA) is 30.5 Å². The van der Waals surface area contributed by atoms with Crippen LogP contribution in [-0.2, 0) is 6.54 Å². The van der Waals surface area contributed by atoms with Gasteiger partial charge in [-0.3, -0.25) is 0 Å². The Kier molecular flexibility index (Phi) is 2.81. The van der Waals surface area contributed by atoms with Gasteiger partial charge in [-0.05, 0) is 30.2 Å². The lowest BCUT2D eigenvalue weighted by Crippen LogP contribution is -2.00. The Morgan fingerprint density at radius 1 is 1.06 bits per heavy atom. The maximum Gasteiger partial charge on any atom is 0.231 e. The van der Waals surface area contributed by atoms with E-state index in [1.165, 1.54) is 11.1 Å². The summed E-state index contributed by atoms with van der Waals surface area (Å²) in [5.41, 5.74) is 3.64. The Hall–Kier alpha value is -2.16. The Labute approximate surface area is 106 Å². The van der Waals surface area contributed by atoms with E-state index in [0.717, 1.165) is 23.7 Å². The monoisotopic (exact) mass is 241 g/mol. The molecule has 1 aliphatic heterocycles. The summed E-state index contributed by atoms with van der Waals surface area (Å²) in [5.74, 6) is 1.63. The smallest absolute Gasteiger partial charge is 0.231 e. The molecule has 2 aromatic carbocycles. The highest BCUT2D eigenvalue weighted by Gasteiger charge is 2.12. The number of hydrogen-bond acceptors (Lipinski definition) is 3. The summed E-state index contributed by atoms with van der Waals surface area (Å²) < 4.78 is 10.6. The second kappa shape index (κ2) is 4.61. The van der Waals surface area contributed by atoms with Gasteiger partial charge in [0.15, 0.2) is 11.5 Å². The molecule has 0 amide bonds. The van der Waals surface area contributed by atoms with E-state index in [4.69, 9.17) is 9.47 Å². The standard InChI is InChI=1S/C15H15NO2/c1-11-4-2-3-5-12(11)9-16-13-6-7-14-15(8-13)18-10-17-14/h2-8,16H,9-10H2,1H3. The Bertz CT molecular complexity index is 566. The number of ether oxygens (including phenoxy) is 2. The number of hydrogen-bond donors (Lipinski definition) is 1. The van der Waals surface area contributed by atoms with E-state index in [9.17, 15) is 0 Å². The Balaban J connectivity index is 1.72.